The minimum absolute atomic E-state index is 0.0626. The quantitative estimate of drug-likeness (QED) is 0.779. The van der Waals surface area contributed by atoms with Gasteiger partial charge in [-0.05, 0) is 31.9 Å². The molecule has 0 spiro atoms. The number of amides is 1. The predicted octanol–water partition coefficient (Wildman–Crippen LogP) is 2.22. The highest BCUT2D eigenvalue weighted by molar-refractivity contribution is 5.95. The fourth-order valence-electron chi connectivity index (χ4n) is 2.96. The zero-order valence-corrected chi connectivity index (χ0v) is 15.2. The molecule has 2 aromatic rings. The minimum Gasteiger partial charge on any atom is -0.497 e. The molecule has 1 aliphatic rings. The van der Waals surface area contributed by atoms with E-state index < -0.39 is 0 Å². The highest BCUT2D eigenvalue weighted by Crippen LogP contribution is 2.25. The molecule has 1 atom stereocenters. The number of methoxy groups -OCH3 is 2. The first-order chi connectivity index (χ1) is 12.6. The number of rotatable bonds is 6. The van der Waals surface area contributed by atoms with E-state index in [-0.39, 0.29) is 18.6 Å². The van der Waals surface area contributed by atoms with Gasteiger partial charge in [0.1, 0.15) is 18.1 Å². The van der Waals surface area contributed by atoms with Crippen molar-refractivity contribution in [2.45, 2.75) is 32.5 Å². The van der Waals surface area contributed by atoms with Gasteiger partial charge >= 0.3 is 0 Å². The number of hydrogen-bond acceptors (Lipinski definition) is 7. The summed E-state index contributed by atoms with van der Waals surface area (Å²) in [4.78, 5) is 18.8. The first-order valence-electron chi connectivity index (χ1n) is 8.52. The third-order valence-corrected chi connectivity index (χ3v) is 4.28. The summed E-state index contributed by atoms with van der Waals surface area (Å²) in [6, 6.07) is 5.18. The minimum atomic E-state index is -0.0656. The molecule has 1 unspecified atom stereocenters. The van der Waals surface area contributed by atoms with Crippen LogP contribution in [0, 0.1) is 6.92 Å². The molecule has 8 nitrogen and oxygen atoms in total. The summed E-state index contributed by atoms with van der Waals surface area (Å²) < 4.78 is 21.4. The summed E-state index contributed by atoms with van der Waals surface area (Å²) in [6.45, 7) is 3.22. The van der Waals surface area contributed by atoms with Crippen molar-refractivity contribution in [3.05, 3.63) is 35.5 Å². The Balaban J connectivity index is 1.64. The number of ether oxygens (including phenoxy) is 3. The molecule has 1 aromatic carbocycles. The molecule has 3 rings (SSSR count). The Bertz CT molecular complexity index is 739. The van der Waals surface area contributed by atoms with Crippen molar-refractivity contribution in [1.82, 2.24) is 15.0 Å². The molecule has 1 amide bonds. The molecule has 0 bridgehead atoms. The Kier molecular flexibility index (Phi) is 5.72. The Labute approximate surface area is 152 Å². The number of piperidine rings is 1. The van der Waals surface area contributed by atoms with Crippen LogP contribution in [-0.2, 0) is 11.3 Å². The summed E-state index contributed by atoms with van der Waals surface area (Å²) in [6.07, 6.45) is 1.70. The average molecular weight is 361 g/mol. The lowest BCUT2D eigenvalue weighted by Gasteiger charge is -2.32. The fourth-order valence-corrected chi connectivity index (χ4v) is 2.96. The topological polar surface area (TPSA) is 86.9 Å². The lowest BCUT2D eigenvalue weighted by molar-refractivity contribution is -0.0153. The lowest BCUT2D eigenvalue weighted by atomic mass is 10.1. The molecule has 1 aliphatic heterocycles. The van der Waals surface area contributed by atoms with Crippen molar-refractivity contribution in [3.63, 3.8) is 0 Å². The molecule has 0 N–H and O–H groups in total. The van der Waals surface area contributed by atoms with E-state index in [1.807, 2.05) is 0 Å². The summed E-state index contributed by atoms with van der Waals surface area (Å²) in [5.74, 6) is 2.14. The second-order valence-corrected chi connectivity index (χ2v) is 6.16. The summed E-state index contributed by atoms with van der Waals surface area (Å²) in [7, 11) is 3.13. The SMILES string of the molecule is COc1cc(OC)cc(C(=O)N2CCCC(OCc3nc(C)no3)C2)c1. The number of hydrogen-bond donors (Lipinski definition) is 0. The van der Waals surface area contributed by atoms with E-state index in [2.05, 4.69) is 10.1 Å². The highest BCUT2D eigenvalue weighted by Gasteiger charge is 2.26. The van der Waals surface area contributed by atoms with Crippen molar-refractivity contribution in [2.75, 3.05) is 27.3 Å². The predicted molar refractivity (Wildman–Crippen MR) is 92.3 cm³/mol. The van der Waals surface area contributed by atoms with Crippen molar-refractivity contribution < 1.29 is 23.5 Å². The van der Waals surface area contributed by atoms with Gasteiger partial charge in [-0.15, -0.1) is 0 Å². The van der Waals surface area contributed by atoms with Gasteiger partial charge in [-0.1, -0.05) is 5.16 Å². The molecule has 1 saturated heterocycles. The third-order valence-electron chi connectivity index (χ3n) is 4.28. The maximum Gasteiger partial charge on any atom is 0.254 e. The van der Waals surface area contributed by atoms with Crippen molar-refractivity contribution in [3.8, 4) is 11.5 Å². The van der Waals surface area contributed by atoms with Crippen LogP contribution in [0.1, 0.15) is 34.9 Å². The van der Waals surface area contributed by atoms with Crippen LogP contribution in [0.15, 0.2) is 22.7 Å². The smallest absolute Gasteiger partial charge is 0.254 e. The number of carbonyl (C=O) groups is 1. The fraction of sp³-hybridized carbons (Fsp3) is 0.500. The van der Waals surface area contributed by atoms with Crippen molar-refractivity contribution in [2.24, 2.45) is 0 Å². The van der Waals surface area contributed by atoms with Crippen LogP contribution in [0.2, 0.25) is 0 Å². The number of aryl methyl sites for hydroxylation is 1. The largest absolute Gasteiger partial charge is 0.497 e. The van der Waals surface area contributed by atoms with E-state index in [1.165, 1.54) is 0 Å². The average Bonchev–Trinajstić information content (AvgIpc) is 3.10. The second kappa shape index (κ2) is 8.18. The molecule has 8 heteroatoms. The molecule has 26 heavy (non-hydrogen) atoms. The Morgan fingerprint density at radius 1 is 1.27 bits per heavy atom. The van der Waals surface area contributed by atoms with Crippen LogP contribution in [0.5, 0.6) is 11.5 Å². The summed E-state index contributed by atoms with van der Waals surface area (Å²) >= 11 is 0. The van der Waals surface area contributed by atoms with Gasteiger partial charge in [0.05, 0.1) is 20.3 Å². The first-order valence-corrected chi connectivity index (χ1v) is 8.52. The van der Waals surface area contributed by atoms with Gasteiger partial charge in [0.25, 0.3) is 11.8 Å². The molecule has 140 valence electrons. The van der Waals surface area contributed by atoms with Gasteiger partial charge in [0, 0.05) is 24.7 Å². The Hall–Kier alpha value is -2.61. The maximum absolute atomic E-state index is 12.9. The number of benzene rings is 1. The molecular weight excluding hydrogens is 338 g/mol. The van der Waals surface area contributed by atoms with Crippen molar-refractivity contribution in [1.29, 1.82) is 0 Å². The molecule has 1 fully saturated rings. The van der Waals surface area contributed by atoms with Gasteiger partial charge in [0.15, 0.2) is 5.82 Å². The Morgan fingerprint density at radius 3 is 2.62 bits per heavy atom. The number of carbonyl (C=O) groups excluding carboxylic acids is 1. The van der Waals surface area contributed by atoms with Crippen LogP contribution in [-0.4, -0.2) is 54.4 Å². The van der Waals surface area contributed by atoms with E-state index >= 15 is 0 Å². The zero-order valence-electron chi connectivity index (χ0n) is 15.2. The molecule has 0 saturated carbocycles. The van der Waals surface area contributed by atoms with E-state index in [1.54, 1.807) is 44.2 Å². The maximum atomic E-state index is 12.9. The third kappa shape index (κ3) is 4.32. The number of nitrogens with zero attached hydrogens (tertiary/aromatic N) is 3. The van der Waals surface area contributed by atoms with Crippen LogP contribution in [0.3, 0.4) is 0 Å². The second-order valence-electron chi connectivity index (χ2n) is 6.16. The lowest BCUT2D eigenvalue weighted by Crippen LogP contribution is -2.43. The first kappa shape index (κ1) is 18.2. The highest BCUT2D eigenvalue weighted by atomic mass is 16.5. The van der Waals surface area contributed by atoms with E-state index in [0.29, 0.717) is 41.9 Å². The normalized spacial score (nSPS) is 17.2. The molecule has 0 aliphatic carbocycles. The van der Waals surface area contributed by atoms with Gasteiger partial charge < -0.3 is 23.6 Å². The van der Waals surface area contributed by atoms with Crippen LogP contribution in [0.4, 0.5) is 0 Å². The molecule has 1 aromatic heterocycles. The van der Waals surface area contributed by atoms with E-state index in [4.69, 9.17) is 18.7 Å². The van der Waals surface area contributed by atoms with Crippen LogP contribution >= 0.6 is 0 Å². The van der Waals surface area contributed by atoms with E-state index in [9.17, 15) is 4.79 Å². The zero-order chi connectivity index (χ0) is 18.5. The monoisotopic (exact) mass is 361 g/mol. The molecular formula is C18H23N3O5. The van der Waals surface area contributed by atoms with Gasteiger partial charge in [-0.25, -0.2) is 0 Å². The molecule has 0 radical (unpaired) electrons. The van der Waals surface area contributed by atoms with Gasteiger partial charge in [-0.2, -0.15) is 4.98 Å². The van der Waals surface area contributed by atoms with Gasteiger partial charge in [-0.3, -0.25) is 4.79 Å². The van der Waals surface area contributed by atoms with Gasteiger partial charge in [0.2, 0.25) is 0 Å². The molecule has 2 heterocycles. The number of likely N-dealkylation sites (tertiary alicyclic amines) is 1. The van der Waals surface area contributed by atoms with Crippen molar-refractivity contribution >= 4 is 5.91 Å². The van der Waals surface area contributed by atoms with E-state index in [0.717, 1.165) is 12.8 Å². The number of aromatic nitrogens is 2. The van der Waals surface area contributed by atoms with Crippen LogP contribution < -0.4 is 9.47 Å². The summed E-state index contributed by atoms with van der Waals surface area (Å²) in [5.41, 5.74) is 0.536. The summed E-state index contributed by atoms with van der Waals surface area (Å²) in [5, 5.41) is 3.74. The standard InChI is InChI=1S/C18H23N3O5/c1-12-19-17(26-20-12)11-25-14-5-4-6-21(10-14)18(22)13-7-15(23-2)9-16(8-13)24-3/h7-9,14H,4-6,10-11H2,1-3H3. The Morgan fingerprint density at radius 2 is 2.00 bits per heavy atom. The van der Waals surface area contributed by atoms with Crippen LogP contribution in [0.25, 0.3) is 0 Å².